The maximum Gasteiger partial charge on any atom is 0.257 e. The van der Waals surface area contributed by atoms with Crippen molar-refractivity contribution in [1.82, 2.24) is 19.9 Å². The van der Waals surface area contributed by atoms with E-state index in [1.54, 1.807) is 0 Å². The van der Waals surface area contributed by atoms with Crippen molar-refractivity contribution in [2.24, 2.45) is 0 Å². The van der Waals surface area contributed by atoms with Crippen molar-refractivity contribution in [1.29, 1.82) is 0 Å². The van der Waals surface area contributed by atoms with Gasteiger partial charge in [0, 0.05) is 37.1 Å². The molecule has 7 rings (SSSR count). The number of rotatable bonds is 4. The molecule has 1 saturated heterocycles. The minimum atomic E-state index is -1.26. The molecule has 1 atom stereocenters. The van der Waals surface area contributed by atoms with Crippen molar-refractivity contribution in [3.05, 3.63) is 58.0 Å². The fourth-order valence-electron chi connectivity index (χ4n) is 5.27. The number of carbonyl (C=O) groups excluding carboxylic acids is 2. The summed E-state index contributed by atoms with van der Waals surface area (Å²) in [6, 6.07) is 3.32. The van der Waals surface area contributed by atoms with Crippen molar-refractivity contribution in [3.63, 3.8) is 0 Å². The number of anilines is 1. The number of amides is 2. The van der Waals surface area contributed by atoms with E-state index in [0.29, 0.717) is 6.07 Å². The Morgan fingerprint density at radius 2 is 1.94 bits per heavy atom. The molecule has 35 heavy (non-hydrogen) atoms. The topological polar surface area (TPSA) is 117 Å². The lowest BCUT2D eigenvalue weighted by molar-refractivity contribution is -0.162. The first-order chi connectivity index (χ1) is 16.6. The monoisotopic (exact) mass is 485 g/mol. The number of carbonyl (C=O) groups is 2. The smallest absolute Gasteiger partial charge is 0.257 e. The van der Waals surface area contributed by atoms with E-state index >= 15 is 0 Å². The van der Waals surface area contributed by atoms with Gasteiger partial charge in [-0.25, -0.2) is 23.1 Å². The fourth-order valence-corrected chi connectivity index (χ4v) is 5.27. The lowest BCUT2D eigenvalue weighted by Crippen LogP contribution is -2.76. The number of hydrogen-bond donors (Lipinski definition) is 2. The first-order valence-corrected chi connectivity index (χ1v) is 10.9. The van der Waals surface area contributed by atoms with Crippen LogP contribution in [0.3, 0.4) is 0 Å². The molecule has 1 aliphatic heterocycles. The summed E-state index contributed by atoms with van der Waals surface area (Å²) in [6.07, 6.45) is 1.35. The van der Waals surface area contributed by atoms with Gasteiger partial charge in [-0.3, -0.25) is 23.9 Å². The van der Waals surface area contributed by atoms with E-state index in [4.69, 9.17) is 0 Å². The number of alkyl halides is 1. The third kappa shape index (κ3) is 3.31. The van der Waals surface area contributed by atoms with Crippen LogP contribution in [0.1, 0.15) is 36.0 Å². The van der Waals surface area contributed by atoms with E-state index in [-0.39, 0.29) is 60.5 Å². The maximum absolute atomic E-state index is 14.7. The van der Waals surface area contributed by atoms with Crippen LogP contribution in [0.2, 0.25) is 0 Å². The summed E-state index contributed by atoms with van der Waals surface area (Å²) in [5.74, 6) is -3.45. The molecule has 3 aromatic heterocycles. The Bertz CT molecular complexity index is 1490. The maximum atomic E-state index is 14.7. The van der Waals surface area contributed by atoms with E-state index in [9.17, 15) is 32.7 Å². The van der Waals surface area contributed by atoms with Gasteiger partial charge in [0.05, 0.1) is 30.7 Å². The van der Waals surface area contributed by atoms with Crippen LogP contribution < -0.4 is 15.6 Å². The molecule has 4 heterocycles. The zero-order valence-corrected chi connectivity index (χ0v) is 18.1. The van der Waals surface area contributed by atoms with Gasteiger partial charge in [0.2, 0.25) is 11.3 Å². The molecule has 180 valence electrons. The van der Waals surface area contributed by atoms with Crippen LogP contribution in [0.15, 0.2) is 35.4 Å². The van der Waals surface area contributed by atoms with E-state index in [1.165, 1.54) is 17.0 Å². The molecule has 4 aliphatic rings. The van der Waals surface area contributed by atoms with E-state index in [0.717, 1.165) is 17.0 Å². The molecule has 0 aromatic carbocycles. The van der Waals surface area contributed by atoms with Gasteiger partial charge in [0.25, 0.3) is 5.91 Å². The van der Waals surface area contributed by atoms with Crippen LogP contribution in [0.4, 0.5) is 19.0 Å². The van der Waals surface area contributed by atoms with Gasteiger partial charge in [0.15, 0.2) is 17.3 Å². The summed E-state index contributed by atoms with van der Waals surface area (Å²) in [6.45, 7) is -0.0105. The molecule has 2 N–H and O–H groups in total. The van der Waals surface area contributed by atoms with E-state index < -0.39 is 46.1 Å². The average Bonchev–Trinajstić information content (AvgIpc) is 3.10. The highest BCUT2D eigenvalue weighted by Gasteiger charge is 2.70. The molecule has 0 radical (unpaired) electrons. The van der Waals surface area contributed by atoms with Gasteiger partial charge < -0.3 is 10.4 Å². The highest BCUT2D eigenvalue weighted by Crippen LogP contribution is 2.62. The first-order valence-electron chi connectivity index (χ1n) is 10.9. The molecular formula is C23H18F3N5O4. The fraction of sp³-hybridized carbons (Fsp3) is 0.348. The van der Waals surface area contributed by atoms with E-state index in [2.05, 4.69) is 15.3 Å². The Morgan fingerprint density at radius 1 is 1.20 bits per heavy atom. The Labute approximate surface area is 195 Å². The number of nitrogens with zero attached hydrogens (tertiary/aromatic N) is 4. The Morgan fingerprint density at radius 3 is 2.57 bits per heavy atom. The molecule has 12 heteroatoms. The highest BCUT2D eigenvalue weighted by atomic mass is 19.1. The van der Waals surface area contributed by atoms with Crippen LogP contribution in [0.5, 0.6) is 0 Å². The number of aliphatic hydroxyl groups is 1. The first kappa shape index (κ1) is 21.7. The van der Waals surface area contributed by atoms with Crippen LogP contribution in [-0.2, 0) is 4.79 Å². The third-order valence-corrected chi connectivity index (χ3v) is 6.82. The van der Waals surface area contributed by atoms with Crippen LogP contribution in [-0.4, -0.2) is 55.3 Å². The second-order valence-electron chi connectivity index (χ2n) is 9.52. The van der Waals surface area contributed by atoms with Crippen LogP contribution in [0.25, 0.3) is 16.9 Å². The zero-order valence-electron chi connectivity index (χ0n) is 18.1. The number of pyridine rings is 3. The SMILES string of the molecule is O=C(NC12CC(F)(C1)C2)c1cn(-c2ncc(F)cc2F)c2nc(N3C[C@@H](O)CC3=O)ccc2c1=O. The number of aromatic nitrogens is 3. The normalized spacial score (nSPS) is 27.0. The van der Waals surface area contributed by atoms with Crippen molar-refractivity contribution in [3.8, 4) is 5.82 Å². The minimum absolute atomic E-state index is 0.0105. The van der Waals surface area contributed by atoms with Gasteiger partial charge in [-0.05, 0) is 12.1 Å². The van der Waals surface area contributed by atoms with Gasteiger partial charge in [-0.2, -0.15) is 0 Å². The minimum Gasteiger partial charge on any atom is -0.391 e. The molecule has 3 aromatic rings. The Balaban J connectivity index is 1.50. The number of aliphatic hydroxyl groups excluding tert-OH is 1. The number of halogens is 3. The number of nitrogens with one attached hydrogen (secondary N) is 1. The summed E-state index contributed by atoms with van der Waals surface area (Å²) in [4.78, 5) is 47.8. The van der Waals surface area contributed by atoms with Crippen LogP contribution >= 0.6 is 0 Å². The van der Waals surface area contributed by atoms with Crippen molar-refractivity contribution < 1.29 is 27.9 Å². The lowest BCUT2D eigenvalue weighted by atomic mass is 9.47. The van der Waals surface area contributed by atoms with Crippen molar-refractivity contribution >= 4 is 28.7 Å². The van der Waals surface area contributed by atoms with E-state index in [1.807, 2.05) is 0 Å². The molecule has 3 aliphatic carbocycles. The van der Waals surface area contributed by atoms with Gasteiger partial charge in [0.1, 0.15) is 22.9 Å². The Kier molecular flexibility index (Phi) is 4.41. The second kappa shape index (κ2) is 7.11. The largest absolute Gasteiger partial charge is 0.391 e. The molecule has 9 nitrogen and oxygen atoms in total. The summed E-state index contributed by atoms with van der Waals surface area (Å²) < 4.78 is 43.2. The summed E-state index contributed by atoms with van der Waals surface area (Å²) in [7, 11) is 0. The molecule has 2 amide bonds. The highest BCUT2D eigenvalue weighted by molar-refractivity contribution is 5.99. The average molecular weight is 485 g/mol. The zero-order chi connectivity index (χ0) is 24.7. The van der Waals surface area contributed by atoms with Crippen molar-refractivity contribution in [2.75, 3.05) is 11.4 Å². The Hall–Kier alpha value is -3.80. The second-order valence-corrected chi connectivity index (χ2v) is 9.52. The molecule has 2 bridgehead atoms. The van der Waals surface area contributed by atoms with Crippen molar-refractivity contribution in [2.45, 2.75) is 43.0 Å². The summed E-state index contributed by atoms with van der Waals surface area (Å²) in [5, 5.41) is 12.4. The molecule has 3 saturated carbocycles. The quantitative estimate of drug-likeness (QED) is 0.579. The van der Waals surface area contributed by atoms with Gasteiger partial charge >= 0.3 is 0 Å². The lowest BCUT2D eigenvalue weighted by Gasteiger charge is -2.65. The van der Waals surface area contributed by atoms with Crippen LogP contribution in [0, 0.1) is 11.6 Å². The number of β-amino-alcohol motifs (C(OH)–C–C–N with tert-alkyl or cyclic N) is 1. The predicted molar refractivity (Wildman–Crippen MR) is 116 cm³/mol. The molecule has 4 fully saturated rings. The summed E-state index contributed by atoms with van der Waals surface area (Å²) >= 11 is 0. The molecule has 0 spiro atoms. The molecule has 0 unspecified atom stereocenters. The third-order valence-electron chi connectivity index (χ3n) is 6.82. The number of hydrogen-bond acceptors (Lipinski definition) is 6. The van der Waals surface area contributed by atoms with Gasteiger partial charge in [-0.15, -0.1) is 0 Å². The predicted octanol–water partition coefficient (Wildman–Crippen LogP) is 1.53. The summed E-state index contributed by atoms with van der Waals surface area (Å²) in [5.41, 5.74) is -3.13. The standard InChI is InChI=1S/C23H18F3N5O4/c24-11-3-15(25)20(27-5-11)31-7-14(21(35)29-23-8-22(26,9-23)10-23)18(34)13-1-2-16(28-19(13)31)30-6-12(32)4-17(30)33/h1-3,5,7,12,32H,4,6,8-10H2,(H,29,35)/t12-,22?,23?/m0/s1. The molecular weight excluding hydrogens is 467 g/mol. The number of fused-ring (bicyclic) bond motifs is 1. The van der Waals surface area contributed by atoms with Gasteiger partial charge in [-0.1, -0.05) is 0 Å².